The summed E-state index contributed by atoms with van der Waals surface area (Å²) in [6.45, 7) is 0. The highest BCUT2D eigenvalue weighted by molar-refractivity contribution is 8.00. The van der Waals surface area contributed by atoms with Crippen molar-refractivity contribution in [3.63, 3.8) is 0 Å². The first-order chi connectivity index (χ1) is 11.4. The van der Waals surface area contributed by atoms with Crippen LogP contribution in [0.1, 0.15) is 6.42 Å². The quantitative estimate of drug-likeness (QED) is 0.679. The zero-order valence-corrected chi connectivity index (χ0v) is 14.0. The van der Waals surface area contributed by atoms with Crippen LogP contribution in [0.5, 0.6) is 11.5 Å². The molecule has 2 amide bonds. The first kappa shape index (κ1) is 18.1. The van der Waals surface area contributed by atoms with E-state index < -0.39 is 23.2 Å². The predicted octanol–water partition coefficient (Wildman–Crippen LogP) is 0.481. The Hall–Kier alpha value is -2.26. The van der Waals surface area contributed by atoms with E-state index in [1.165, 1.54) is 14.2 Å². The van der Waals surface area contributed by atoms with E-state index in [2.05, 4.69) is 0 Å². The minimum atomic E-state index is -1.15. The van der Waals surface area contributed by atoms with Crippen molar-refractivity contribution in [3.05, 3.63) is 18.2 Å². The second-order valence-electron chi connectivity index (χ2n) is 5.08. The van der Waals surface area contributed by atoms with E-state index in [9.17, 15) is 14.4 Å². The maximum absolute atomic E-state index is 12.5. The van der Waals surface area contributed by atoms with Gasteiger partial charge < -0.3 is 20.3 Å². The predicted molar refractivity (Wildman–Crippen MR) is 88.5 cm³/mol. The highest BCUT2D eigenvalue weighted by Gasteiger charge is 2.41. The fourth-order valence-corrected chi connectivity index (χ4v) is 3.34. The van der Waals surface area contributed by atoms with E-state index in [0.29, 0.717) is 17.2 Å². The Bertz CT molecular complexity index is 665. The average Bonchev–Trinajstić information content (AvgIpc) is 2.85. The number of carbonyl (C=O) groups is 3. The van der Waals surface area contributed by atoms with Gasteiger partial charge in [-0.05, 0) is 12.1 Å². The molecular formula is C15H18N2O6S. The number of nitrogens with zero attached hydrogens (tertiary/aromatic N) is 1. The summed E-state index contributed by atoms with van der Waals surface area (Å²) in [5.74, 6) is -1.01. The lowest BCUT2D eigenvalue weighted by atomic mass is 10.2. The van der Waals surface area contributed by atoms with Gasteiger partial charge >= 0.3 is 5.97 Å². The monoisotopic (exact) mass is 354 g/mol. The molecule has 0 spiro atoms. The summed E-state index contributed by atoms with van der Waals surface area (Å²) < 4.78 is 10.3. The number of anilines is 1. The van der Waals surface area contributed by atoms with Crippen molar-refractivity contribution in [2.75, 3.05) is 24.9 Å². The number of carbonyl (C=O) groups excluding carboxylic acids is 2. The zero-order chi connectivity index (χ0) is 17.9. The molecule has 1 aliphatic rings. The van der Waals surface area contributed by atoms with Gasteiger partial charge in [-0.25, -0.2) is 4.90 Å². The number of amides is 2. The van der Waals surface area contributed by atoms with Crippen molar-refractivity contribution in [1.82, 2.24) is 0 Å². The topological polar surface area (TPSA) is 119 Å². The van der Waals surface area contributed by atoms with E-state index in [1.54, 1.807) is 18.2 Å². The van der Waals surface area contributed by atoms with E-state index in [-0.39, 0.29) is 18.1 Å². The van der Waals surface area contributed by atoms with Gasteiger partial charge in [0.1, 0.15) is 17.5 Å². The number of hydrogen-bond acceptors (Lipinski definition) is 7. The fourth-order valence-electron chi connectivity index (χ4n) is 2.25. The highest BCUT2D eigenvalue weighted by atomic mass is 32.2. The third kappa shape index (κ3) is 3.62. The van der Waals surface area contributed by atoms with Crippen LogP contribution in [-0.2, 0) is 14.4 Å². The van der Waals surface area contributed by atoms with Crippen LogP contribution in [0.3, 0.4) is 0 Å². The van der Waals surface area contributed by atoms with Crippen molar-refractivity contribution in [2.45, 2.75) is 17.7 Å². The Kier molecular flexibility index (Phi) is 5.68. The summed E-state index contributed by atoms with van der Waals surface area (Å²) in [5.41, 5.74) is 5.77. The number of imide groups is 1. The molecule has 1 aromatic rings. The Balaban J connectivity index is 2.19. The SMILES string of the molecule is COc1ccc(N2C(=O)C[C@@H](SC[C@@H](N)C(=O)O)C2=O)c(OC)c1. The number of ether oxygens (including phenoxy) is 2. The molecule has 0 bridgehead atoms. The van der Waals surface area contributed by atoms with Crippen LogP contribution in [0.4, 0.5) is 5.69 Å². The fraction of sp³-hybridized carbons (Fsp3) is 0.400. The van der Waals surface area contributed by atoms with E-state index in [1.807, 2.05) is 0 Å². The Labute approximate surface area is 142 Å². The molecule has 2 rings (SSSR count). The van der Waals surface area contributed by atoms with Crippen molar-refractivity contribution in [3.8, 4) is 11.5 Å². The van der Waals surface area contributed by atoms with Gasteiger partial charge in [-0.3, -0.25) is 14.4 Å². The molecule has 0 aromatic heterocycles. The smallest absolute Gasteiger partial charge is 0.321 e. The van der Waals surface area contributed by atoms with Gasteiger partial charge in [-0.1, -0.05) is 0 Å². The number of aliphatic carboxylic acids is 1. The van der Waals surface area contributed by atoms with Gasteiger partial charge in [0.05, 0.1) is 25.2 Å². The van der Waals surface area contributed by atoms with E-state index in [0.717, 1.165) is 16.7 Å². The standard InChI is InChI=1S/C15H18N2O6S/c1-22-8-3-4-10(11(5-8)23-2)17-13(18)6-12(14(17)19)24-7-9(16)15(20)21/h3-5,9,12H,6-7,16H2,1-2H3,(H,20,21)/t9-,12-/m1/s1. The molecule has 0 aliphatic carbocycles. The van der Waals surface area contributed by atoms with Crippen molar-refractivity contribution < 1.29 is 29.0 Å². The van der Waals surface area contributed by atoms with Crippen LogP contribution in [-0.4, -0.2) is 54.2 Å². The Morgan fingerprint density at radius 1 is 1.42 bits per heavy atom. The molecule has 1 heterocycles. The number of rotatable bonds is 7. The first-order valence-electron chi connectivity index (χ1n) is 7.07. The maximum atomic E-state index is 12.5. The molecule has 130 valence electrons. The molecule has 8 nitrogen and oxygen atoms in total. The minimum absolute atomic E-state index is 0.00891. The molecule has 2 atom stereocenters. The summed E-state index contributed by atoms with van der Waals surface area (Å²) in [4.78, 5) is 36.6. The number of benzene rings is 1. The van der Waals surface area contributed by atoms with Crippen LogP contribution in [0.2, 0.25) is 0 Å². The number of carboxylic acids is 1. The summed E-state index contributed by atoms with van der Waals surface area (Å²) in [6, 6.07) is 3.70. The molecule has 3 N–H and O–H groups in total. The molecule has 0 unspecified atom stereocenters. The van der Waals surface area contributed by atoms with Crippen LogP contribution in [0.15, 0.2) is 18.2 Å². The van der Waals surface area contributed by atoms with Crippen LogP contribution >= 0.6 is 11.8 Å². The number of methoxy groups -OCH3 is 2. The third-order valence-corrected chi connectivity index (χ3v) is 4.85. The summed E-state index contributed by atoms with van der Waals surface area (Å²) >= 11 is 1.07. The second-order valence-corrected chi connectivity index (χ2v) is 6.31. The molecule has 0 saturated carbocycles. The molecular weight excluding hydrogens is 336 g/mol. The lowest BCUT2D eigenvalue weighted by Gasteiger charge is -2.18. The number of thioether (sulfide) groups is 1. The molecule has 1 saturated heterocycles. The second kappa shape index (κ2) is 7.54. The summed E-state index contributed by atoms with van der Waals surface area (Å²) in [6.07, 6.45) is -0.00891. The van der Waals surface area contributed by atoms with E-state index in [4.69, 9.17) is 20.3 Å². The maximum Gasteiger partial charge on any atom is 0.321 e. The van der Waals surface area contributed by atoms with E-state index >= 15 is 0 Å². The summed E-state index contributed by atoms with van der Waals surface area (Å²) in [7, 11) is 2.93. The first-order valence-corrected chi connectivity index (χ1v) is 8.12. The highest BCUT2D eigenvalue weighted by Crippen LogP contribution is 2.37. The van der Waals surface area contributed by atoms with Gasteiger partial charge in [-0.2, -0.15) is 0 Å². The average molecular weight is 354 g/mol. The Morgan fingerprint density at radius 3 is 2.71 bits per heavy atom. The molecule has 9 heteroatoms. The zero-order valence-electron chi connectivity index (χ0n) is 13.2. The minimum Gasteiger partial charge on any atom is -0.497 e. The van der Waals surface area contributed by atoms with Crippen molar-refractivity contribution >= 4 is 35.2 Å². The lowest BCUT2D eigenvalue weighted by Crippen LogP contribution is -2.35. The normalized spacial score (nSPS) is 18.6. The van der Waals surface area contributed by atoms with Crippen LogP contribution in [0.25, 0.3) is 0 Å². The van der Waals surface area contributed by atoms with Gasteiger partial charge in [0.15, 0.2) is 0 Å². The molecule has 1 fully saturated rings. The number of nitrogens with two attached hydrogens (primary N) is 1. The lowest BCUT2D eigenvalue weighted by molar-refractivity contribution is -0.138. The largest absolute Gasteiger partial charge is 0.497 e. The molecule has 24 heavy (non-hydrogen) atoms. The van der Waals surface area contributed by atoms with Crippen molar-refractivity contribution in [1.29, 1.82) is 0 Å². The molecule has 0 radical (unpaired) electrons. The van der Waals surface area contributed by atoms with Crippen LogP contribution < -0.4 is 20.1 Å². The van der Waals surface area contributed by atoms with Gasteiger partial charge in [0.2, 0.25) is 11.8 Å². The van der Waals surface area contributed by atoms with Crippen molar-refractivity contribution in [2.24, 2.45) is 5.73 Å². The molecule has 1 aromatic carbocycles. The van der Waals surface area contributed by atoms with Crippen LogP contribution in [0, 0.1) is 0 Å². The third-order valence-electron chi connectivity index (χ3n) is 3.53. The number of hydrogen-bond donors (Lipinski definition) is 2. The van der Waals surface area contributed by atoms with Gasteiger partial charge in [-0.15, -0.1) is 11.8 Å². The number of carboxylic acid groups (broad SMARTS) is 1. The van der Waals surface area contributed by atoms with Gasteiger partial charge in [0, 0.05) is 18.2 Å². The van der Waals surface area contributed by atoms with Gasteiger partial charge in [0.25, 0.3) is 0 Å². The molecule has 1 aliphatic heterocycles. The Morgan fingerprint density at radius 2 is 2.12 bits per heavy atom. The summed E-state index contributed by atoms with van der Waals surface area (Å²) in [5, 5.41) is 8.13.